The molecule has 0 aliphatic carbocycles. The first kappa shape index (κ1) is 25.5. The van der Waals surface area contributed by atoms with Crippen LogP contribution in [0.1, 0.15) is 26.7 Å². The molecule has 0 radical (unpaired) electrons. The highest BCUT2D eigenvalue weighted by Crippen LogP contribution is 2.63. The molecule has 0 rings (SSSR count). The van der Waals surface area contributed by atoms with Crippen molar-refractivity contribution in [2.45, 2.75) is 62.2 Å². The molecule has 2 atom stereocenters. The van der Waals surface area contributed by atoms with Crippen molar-refractivity contribution in [3.63, 3.8) is 0 Å². The second kappa shape index (κ2) is 7.50. The topological polar surface area (TPSA) is 0 Å². The first-order valence-corrected chi connectivity index (χ1v) is 8.12. The van der Waals surface area contributed by atoms with Gasteiger partial charge in [0.25, 0.3) is 0 Å². The van der Waals surface area contributed by atoms with Crippen molar-refractivity contribution >= 4 is 8.58 Å². The number of halogens is 13. The van der Waals surface area contributed by atoms with Gasteiger partial charge >= 0.3 is 35.5 Å². The maximum Gasteiger partial charge on any atom is 0.460 e. The second-order valence-electron chi connectivity index (χ2n) is 5.60. The van der Waals surface area contributed by atoms with Gasteiger partial charge in [0.2, 0.25) is 0 Å². The zero-order chi connectivity index (χ0) is 21.4. The van der Waals surface area contributed by atoms with Crippen LogP contribution in [0.2, 0.25) is 0 Å². The van der Waals surface area contributed by atoms with Gasteiger partial charge in [-0.05, 0) is 27.1 Å². The fraction of sp³-hybridized carbons (Fsp3) is 1.00. The normalized spacial score (nSPS) is 17.2. The van der Waals surface area contributed by atoms with Gasteiger partial charge in [0, 0.05) is 0 Å². The largest absolute Gasteiger partial charge is 0.460 e. The molecule has 0 spiro atoms. The van der Waals surface area contributed by atoms with Crippen LogP contribution in [-0.4, -0.2) is 41.7 Å². The minimum Gasteiger partial charge on any atom is -0.195 e. The summed E-state index contributed by atoms with van der Waals surface area (Å²) in [4.78, 5) is 0. The predicted molar refractivity (Wildman–Crippen MR) is 68.0 cm³/mol. The van der Waals surface area contributed by atoms with E-state index in [9.17, 15) is 57.1 Å². The van der Waals surface area contributed by atoms with Crippen molar-refractivity contribution in [3.8, 4) is 0 Å². The Kier molecular flexibility index (Phi) is 7.36. The van der Waals surface area contributed by atoms with E-state index < -0.39 is 50.3 Å². The Labute approximate surface area is 141 Å². The van der Waals surface area contributed by atoms with Crippen LogP contribution >= 0.6 is 8.58 Å². The second-order valence-corrected chi connectivity index (χ2v) is 7.08. The molecule has 0 aromatic rings. The monoisotopic (exact) mass is 436 g/mol. The average molecular weight is 436 g/mol. The molecule has 14 heteroatoms. The molecule has 0 amide bonds. The summed E-state index contributed by atoms with van der Waals surface area (Å²) in [5.41, 5.74) is -5.92. The summed E-state index contributed by atoms with van der Waals surface area (Å²) < 4.78 is 167. The quantitative estimate of drug-likeness (QED) is 0.276. The van der Waals surface area contributed by atoms with Gasteiger partial charge < -0.3 is 0 Å². The molecule has 0 saturated carbocycles. The molecule has 0 fully saturated rings. The van der Waals surface area contributed by atoms with Crippen LogP contribution in [0.5, 0.6) is 0 Å². The fourth-order valence-electron chi connectivity index (χ4n) is 1.56. The van der Waals surface area contributed by atoms with E-state index in [1.165, 1.54) is 6.92 Å². The third kappa shape index (κ3) is 4.16. The van der Waals surface area contributed by atoms with E-state index in [2.05, 4.69) is 0 Å². The predicted octanol–water partition coefficient (Wildman–Crippen LogP) is 6.80. The molecule has 0 N–H and O–H groups in total. The highest BCUT2D eigenvalue weighted by Gasteiger charge is 2.90. The van der Waals surface area contributed by atoms with E-state index in [1.807, 2.05) is 0 Å². The lowest BCUT2D eigenvalue weighted by Gasteiger charge is -2.39. The molecule has 0 aromatic carbocycles. The minimum atomic E-state index is -7.81. The Morgan fingerprint density at radius 1 is 0.654 bits per heavy atom. The Bertz CT molecular complexity index is 468. The lowest BCUT2D eigenvalue weighted by molar-refractivity contribution is -0.433. The summed E-state index contributed by atoms with van der Waals surface area (Å²) in [6.07, 6.45) is -8.02. The third-order valence-electron chi connectivity index (χ3n) is 3.61. The van der Waals surface area contributed by atoms with Crippen molar-refractivity contribution in [2.75, 3.05) is 6.16 Å². The standard InChI is InChI=1S/C12H14F13P/c1-3-6(2)4-5-26-12(24,25)10(19,20)8(15,16)7(13,14)9(17,18)11(21,22)23/h6,26H,3-5H2,1-2H3. The van der Waals surface area contributed by atoms with Gasteiger partial charge in [-0.25, -0.2) is 0 Å². The van der Waals surface area contributed by atoms with Gasteiger partial charge in [-0.15, -0.1) is 0 Å². The van der Waals surface area contributed by atoms with E-state index in [1.54, 1.807) is 6.92 Å². The van der Waals surface area contributed by atoms with Crippen molar-refractivity contribution in [1.82, 2.24) is 0 Å². The molecular formula is C12H14F13P. The maximum atomic E-state index is 13.4. The van der Waals surface area contributed by atoms with E-state index >= 15 is 0 Å². The van der Waals surface area contributed by atoms with Crippen LogP contribution in [0.15, 0.2) is 0 Å². The molecule has 0 bridgehead atoms. The molecule has 0 aliphatic heterocycles. The Morgan fingerprint density at radius 3 is 1.38 bits per heavy atom. The van der Waals surface area contributed by atoms with E-state index in [0.29, 0.717) is 6.42 Å². The summed E-state index contributed by atoms with van der Waals surface area (Å²) in [7, 11) is -2.39. The summed E-state index contributed by atoms with van der Waals surface area (Å²) in [5, 5.41) is 0. The Hall–Kier alpha value is -0.480. The summed E-state index contributed by atoms with van der Waals surface area (Å²) in [6, 6.07) is 0. The average Bonchev–Trinajstić information content (AvgIpc) is 2.44. The molecule has 0 nitrogen and oxygen atoms in total. The van der Waals surface area contributed by atoms with E-state index in [4.69, 9.17) is 0 Å². The summed E-state index contributed by atoms with van der Waals surface area (Å²) in [5.74, 6) is -30.6. The zero-order valence-corrected chi connectivity index (χ0v) is 14.1. The number of rotatable bonds is 9. The van der Waals surface area contributed by atoms with Crippen molar-refractivity contribution in [3.05, 3.63) is 0 Å². The van der Waals surface area contributed by atoms with Crippen LogP contribution in [0.25, 0.3) is 0 Å². The molecule has 0 heterocycles. The lowest BCUT2D eigenvalue weighted by atomic mass is 9.98. The highest BCUT2D eigenvalue weighted by molar-refractivity contribution is 7.39. The highest BCUT2D eigenvalue weighted by atomic mass is 31.1. The number of hydrogen-bond acceptors (Lipinski definition) is 0. The molecular weight excluding hydrogens is 422 g/mol. The van der Waals surface area contributed by atoms with Gasteiger partial charge in [0.1, 0.15) is 0 Å². The van der Waals surface area contributed by atoms with Crippen LogP contribution in [0.4, 0.5) is 57.1 Å². The smallest absolute Gasteiger partial charge is 0.195 e. The van der Waals surface area contributed by atoms with Crippen molar-refractivity contribution in [1.29, 1.82) is 0 Å². The Morgan fingerprint density at radius 2 is 1.04 bits per heavy atom. The number of hydrogen-bond donors (Lipinski definition) is 0. The lowest BCUT2D eigenvalue weighted by Crippen LogP contribution is -2.69. The van der Waals surface area contributed by atoms with Crippen LogP contribution in [-0.2, 0) is 0 Å². The summed E-state index contributed by atoms with van der Waals surface area (Å²) >= 11 is 0. The SMILES string of the molecule is CCC(C)CCPC(F)(F)C(F)(F)C(F)(F)C(F)(F)C(F)(F)C(F)(F)F. The van der Waals surface area contributed by atoms with Crippen molar-refractivity contribution in [2.24, 2.45) is 5.92 Å². The van der Waals surface area contributed by atoms with Gasteiger partial charge in [0.15, 0.2) is 0 Å². The van der Waals surface area contributed by atoms with E-state index in [-0.39, 0.29) is 12.3 Å². The zero-order valence-electron chi connectivity index (χ0n) is 13.1. The van der Waals surface area contributed by atoms with Crippen LogP contribution in [0, 0.1) is 5.92 Å². The Balaban J connectivity index is 5.78. The maximum absolute atomic E-state index is 13.4. The molecule has 2 unspecified atom stereocenters. The first-order chi connectivity index (χ1) is 11.2. The molecule has 26 heavy (non-hydrogen) atoms. The molecule has 0 aliphatic rings. The minimum absolute atomic E-state index is 0.193. The van der Waals surface area contributed by atoms with Gasteiger partial charge in [-0.1, -0.05) is 20.3 Å². The number of alkyl halides is 13. The first-order valence-electron chi connectivity index (χ1n) is 6.91. The molecule has 0 saturated heterocycles. The van der Waals surface area contributed by atoms with E-state index in [0.717, 1.165) is 0 Å². The van der Waals surface area contributed by atoms with Crippen LogP contribution in [0.3, 0.4) is 0 Å². The fourth-order valence-corrected chi connectivity index (χ4v) is 2.89. The summed E-state index contributed by atoms with van der Waals surface area (Å²) in [6.45, 7) is 3.06. The third-order valence-corrected chi connectivity index (χ3v) is 4.91. The molecule has 0 aromatic heterocycles. The van der Waals surface area contributed by atoms with Crippen molar-refractivity contribution < 1.29 is 57.1 Å². The van der Waals surface area contributed by atoms with Gasteiger partial charge in [0.05, 0.1) is 0 Å². The molecule has 158 valence electrons. The van der Waals surface area contributed by atoms with Gasteiger partial charge in [-0.3, -0.25) is 0 Å². The van der Waals surface area contributed by atoms with Crippen LogP contribution < -0.4 is 0 Å². The van der Waals surface area contributed by atoms with Gasteiger partial charge in [-0.2, -0.15) is 57.1 Å².